The molecule has 4 saturated carbocycles. The van der Waals surface area contributed by atoms with Crippen molar-refractivity contribution in [2.75, 3.05) is 26.9 Å². The Balaban J connectivity index is 0.00000240. The maximum Gasteiger partial charge on any atom is 0.139 e. The number of oxime groups is 1. The molecule has 0 spiro atoms. The third-order valence-corrected chi connectivity index (χ3v) is 9.18. The number of carbonyl (C=O) groups is 1. The molecule has 166 valence electrons. The quantitative estimate of drug-likeness (QED) is 0.527. The number of hydrogen-bond donors (Lipinski definition) is 1. The highest BCUT2D eigenvalue weighted by Gasteiger charge is 2.61. The van der Waals surface area contributed by atoms with Gasteiger partial charge in [0.15, 0.2) is 0 Å². The molecule has 0 aliphatic heterocycles. The fourth-order valence-corrected chi connectivity index (χ4v) is 7.74. The molecule has 7 atom stereocenters. The summed E-state index contributed by atoms with van der Waals surface area (Å²) in [6.07, 6.45) is 8.66. The lowest BCUT2D eigenvalue weighted by molar-refractivity contribution is -0.145. The second kappa shape index (κ2) is 8.84. The smallest absolute Gasteiger partial charge is 0.139 e. The molecule has 2 N–H and O–H groups in total. The molecule has 0 bridgehead atoms. The predicted molar refractivity (Wildman–Crippen MR) is 117 cm³/mol. The van der Waals surface area contributed by atoms with E-state index in [2.05, 4.69) is 19.0 Å². The molecular weight excluding hydrogens is 388 g/mol. The van der Waals surface area contributed by atoms with E-state index in [1.165, 1.54) is 25.0 Å². The van der Waals surface area contributed by atoms with Crippen molar-refractivity contribution >= 4 is 23.9 Å². The molecule has 6 heteroatoms. The Morgan fingerprint density at radius 1 is 1.14 bits per heavy atom. The summed E-state index contributed by atoms with van der Waals surface area (Å²) in [6.45, 7) is 6.62. The Morgan fingerprint density at radius 2 is 1.93 bits per heavy atom. The average Bonchev–Trinajstić information content (AvgIpc) is 2.98. The van der Waals surface area contributed by atoms with Gasteiger partial charge in [0.05, 0.1) is 5.71 Å². The number of ketones is 1. The Kier molecular flexibility index (Phi) is 7.02. The number of carbonyl (C=O) groups excluding carboxylic acids is 1. The van der Waals surface area contributed by atoms with Gasteiger partial charge in [-0.2, -0.15) is 0 Å². The largest absolute Gasteiger partial charge is 0.395 e. The van der Waals surface area contributed by atoms with Crippen LogP contribution >= 0.6 is 12.4 Å². The molecule has 0 aromatic heterocycles. The van der Waals surface area contributed by atoms with Crippen molar-refractivity contribution in [2.24, 2.45) is 51.3 Å². The summed E-state index contributed by atoms with van der Waals surface area (Å²) in [5, 5.41) is 4.42. The van der Waals surface area contributed by atoms with Crippen LogP contribution in [0.15, 0.2) is 5.16 Å². The third-order valence-electron chi connectivity index (χ3n) is 9.18. The molecule has 0 aromatic carbocycles. The first-order valence-electron chi connectivity index (χ1n) is 11.3. The van der Waals surface area contributed by atoms with E-state index in [4.69, 9.17) is 15.3 Å². The van der Waals surface area contributed by atoms with Crippen LogP contribution in [0.3, 0.4) is 0 Å². The molecule has 4 rings (SSSR count). The minimum Gasteiger partial charge on any atom is -0.395 e. The lowest BCUT2D eigenvalue weighted by Crippen LogP contribution is -2.57. The van der Waals surface area contributed by atoms with Gasteiger partial charge in [-0.05, 0) is 80.0 Å². The zero-order valence-electron chi connectivity index (χ0n) is 18.3. The van der Waals surface area contributed by atoms with Crippen molar-refractivity contribution in [3.63, 3.8) is 0 Å². The number of hydrogen-bond acceptors (Lipinski definition) is 5. The van der Waals surface area contributed by atoms with Gasteiger partial charge in [0.25, 0.3) is 0 Å². The fourth-order valence-electron chi connectivity index (χ4n) is 7.74. The summed E-state index contributed by atoms with van der Waals surface area (Å²) in [5.74, 6) is 3.68. The molecule has 4 aliphatic carbocycles. The van der Waals surface area contributed by atoms with Gasteiger partial charge in [-0.15, -0.1) is 12.4 Å². The normalized spacial score (nSPS) is 45.2. The predicted octanol–water partition coefficient (Wildman–Crippen LogP) is 4.22. The van der Waals surface area contributed by atoms with E-state index in [0.717, 1.165) is 44.6 Å². The lowest BCUT2D eigenvalue weighted by Gasteiger charge is -2.61. The SMILES string of the molecule is COC[C@H]1C[C@@H]2[C@H](CC[C@]3(C)C(=O)CC[C@@H]23)[C@@]2(C)CC/C(=N\OCCN)C[C@H]12.Cl. The highest BCUT2D eigenvalue weighted by molar-refractivity contribution is 5.87. The summed E-state index contributed by atoms with van der Waals surface area (Å²) in [7, 11) is 1.83. The van der Waals surface area contributed by atoms with Gasteiger partial charge in [-0.25, -0.2) is 0 Å². The van der Waals surface area contributed by atoms with E-state index in [1.807, 2.05) is 7.11 Å². The van der Waals surface area contributed by atoms with Gasteiger partial charge in [0, 0.05) is 32.1 Å². The van der Waals surface area contributed by atoms with Crippen molar-refractivity contribution in [1.82, 2.24) is 0 Å². The Bertz CT molecular complexity index is 642. The van der Waals surface area contributed by atoms with E-state index >= 15 is 0 Å². The topological polar surface area (TPSA) is 73.9 Å². The second-order valence-electron chi connectivity index (χ2n) is 10.3. The molecule has 4 aliphatic rings. The van der Waals surface area contributed by atoms with E-state index < -0.39 is 0 Å². The number of ether oxygens (including phenoxy) is 1. The van der Waals surface area contributed by atoms with E-state index in [0.29, 0.717) is 48.0 Å². The average molecular weight is 427 g/mol. The highest BCUT2D eigenvalue weighted by Crippen LogP contribution is 2.66. The van der Waals surface area contributed by atoms with E-state index in [-0.39, 0.29) is 17.8 Å². The summed E-state index contributed by atoms with van der Waals surface area (Å²) in [5.41, 5.74) is 7.00. The summed E-state index contributed by atoms with van der Waals surface area (Å²) in [4.78, 5) is 18.1. The summed E-state index contributed by atoms with van der Waals surface area (Å²) in [6, 6.07) is 0. The zero-order chi connectivity index (χ0) is 19.9. The first-order valence-corrected chi connectivity index (χ1v) is 11.3. The van der Waals surface area contributed by atoms with Gasteiger partial charge in [-0.1, -0.05) is 19.0 Å². The molecular formula is C23H39ClN2O3. The van der Waals surface area contributed by atoms with Crippen LogP contribution in [0, 0.1) is 40.4 Å². The van der Waals surface area contributed by atoms with Crippen LogP contribution in [-0.2, 0) is 14.4 Å². The Hall–Kier alpha value is -0.650. The molecule has 0 unspecified atom stereocenters. The first-order chi connectivity index (χ1) is 13.4. The molecule has 0 saturated heterocycles. The van der Waals surface area contributed by atoms with Gasteiger partial charge < -0.3 is 15.3 Å². The number of fused-ring (bicyclic) bond motifs is 5. The number of nitrogens with two attached hydrogens (primary N) is 1. The van der Waals surface area contributed by atoms with Crippen LogP contribution in [0.5, 0.6) is 0 Å². The van der Waals surface area contributed by atoms with Crippen molar-refractivity contribution < 1.29 is 14.4 Å². The van der Waals surface area contributed by atoms with Gasteiger partial charge in [0.2, 0.25) is 0 Å². The summed E-state index contributed by atoms with van der Waals surface area (Å²) >= 11 is 0. The van der Waals surface area contributed by atoms with Gasteiger partial charge in [-0.3, -0.25) is 4.79 Å². The molecule has 0 radical (unpaired) electrons. The van der Waals surface area contributed by atoms with Crippen LogP contribution in [-0.4, -0.2) is 38.4 Å². The van der Waals surface area contributed by atoms with E-state index in [9.17, 15) is 4.79 Å². The van der Waals surface area contributed by atoms with E-state index in [1.54, 1.807) is 0 Å². The minimum absolute atomic E-state index is 0. The number of methoxy groups -OCH3 is 1. The lowest BCUT2D eigenvalue weighted by atomic mass is 9.43. The zero-order valence-corrected chi connectivity index (χ0v) is 19.1. The van der Waals surface area contributed by atoms with Crippen LogP contribution in [0.25, 0.3) is 0 Å². The van der Waals surface area contributed by atoms with Crippen molar-refractivity contribution in [1.29, 1.82) is 0 Å². The number of nitrogens with zero attached hydrogens (tertiary/aromatic N) is 1. The molecule has 0 heterocycles. The fraction of sp³-hybridized carbons (Fsp3) is 0.913. The van der Waals surface area contributed by atoms with Crippen molar-refractivity contribution in [2.45, 2.75) is 65.2 Å². The number of Topliss-reactive ketones (excluding diaryl/α,β-unsaturated/α-hetero) is 1. The molecule has 29 heavy (non-hydrogen) atoms. The summed E-state index contributed by atoms with van der Waals surface area (Å²) < 4.78 is 5.69. The first kappa shape index (κ1) is 23.0. The highest BCUT2D eigenvalue weighted by atomic mass is 35.5. The molecule has 5 nitrogen and oxygen atoms in total. The standard InChI is InChI=1S/C23H38N2O3.ClH/c1-22-8-6-16(25-28-11-10-24)13-20(22)15(14-27-3)12-17-18-4-5-21(26)23(18,2)9-7-19(17)22;/h15,17-20H,4-14,24H2,1-3H3;1H/b25-16+;/t15-,17+,18+,19+,20-,22-,23+;/m1./s1. The molecule has 0 amide bonds. The maximum absolute atomic E-state index is 12.7. The minimum atomic E-state index is -0.0562. The second-order valence-corrected chi connectivity index (χ2v) is 10.3. The maximum atomic E-state index is 12.7. The van der Waals surface area contributed by atoms with Crippen LogP contribution in [0.2, 0.25) is 0 Å². The third kappa shape index (κ3) is 3.76. The molecule has 4 fully saturated rings. The Labute approximate surface area is 181 Å². The van der Waals surface area contributed by atoms with Crippen LogP contribution in [0.4, 0.5) is 0 Å². The number of rotatable bonds is 5. The van der Waals surface area contributed by atoms with Crippen LogP contribution < -0.4 is 5.73 Å². The monoisotopic (exact) mass is 426 g/mol. The van der Waals surface area contributed by atoms with Crippen molar-refractivity contribution in [3.8, 4) is 0 Å². The van der Waals surface area contributed by atoms with Crippen molar-refractivity contribution in [3.05, 3.63) is 0 Å². The van der Waals surface area contributed by atoms with Crippen LogP contribution in [0.1, 0.15) is 65.2 Å². The number of halogens is 1. The molecule has 0 aromatic rings. The van der Waals surface area contributed by atoms with Gasteiger partial charge in [0.1, 0.15) is 12.4 Å². The Morgan fingerprint density at radius 3 is 2.66 bits per heavy atom. The van der Waals surface area contributed by atoms with Gasteiger partial charge >= 0.3 is 0 Å².